The van der Waals surface area contributed by atoms with Crippen LogP contribution in [0, 0.1) is 0 Å². The summed E-state index contributed by atoms with van der Waals surface area (Å²) in [4.78, 5) is 16.1. The Morgan fingerprint density at radius 2 is 1.86 bits per heavy atom. The van der Waals surface area contributed by atoms with Crippen molar-refractivity contribution in [2.24, 2.45) is 4.99 Å². The van der Waals surface area contributed by atoms with Gasteiger partial charge >= 0.3 is 5.97 Å². The molecule has 112 valence electrons. The third-order valence-corrected chi connectivity index (χ3v) is 5.46. The van der Waals surface area contributed by atoms with Gasteiger partial charge < -0.3 is 5.11 Å². The third kappa shape index (κ3) is 2.31. The van der Waals surface area contributed by atoms with E-state index in [4.69, 9.17) is 0 Å². The number of carboxylic acid groups (broad SMARTS) is 1. The van der Waals surface area contributed by atoms with Crippen LogP contribution in [0.1, 0.15) is 37.7 Å². The second-order valence-corrected chi connectivity index (χ2v) is 7.11. The Hall–Kier alpha value is -1.89. The Balaban J connectivity index is 2.10. The molecule has 0 radical (unpaired) electrons. The van der Waals surface area contributed by atoms with Crippen LogP contribution in [0.25, 0.3) is 0 Å². The molecule has 1 saturated carbocycles. The Kier molecular flexibility index (Phi) is 3.24. The molecule has 7 heteroatoms. The van der Waals surface area contributed by atoms with Crippen LogP contribution in [0.5, 0.6) is 0 Å². The van der Waals surface area contributed by atoms with E-state index in [1.807, 2.05) is 0 Å². The minimum absolute atomic E-state index is 0.148. The molecule has 1 aliphatic carbocycles. The van der Waals surface area contributed by atoms with Gasteiger partial charge in [0.1, 0.15) is 5.84 Å². The van der Waals surface area contributed by atoms with Crippen molar-refractivity contribution in [3.8, 4) is 0 Å². The first-order valence-corrected chi connectivity index (χ1v) is 8.38. The van der Waals surface area contributed by atoms with Crippen LogP contribution >= 0.6 is 0 Å². The lowest BCUT2D eigenvalue weighted by Gasteiger charge is -2.29. The number of sulfonamides is 1. The van der Waals surface area contributed by atoms with Gasteiger partial charge in [-0.2, -0.15) is 0 Å². The van der Waals surface area contributed by atoms with Gasteiger partial charge in [-0.3, -0.25) is 4.72 Å². The van der Waals surface area contributed by atoms with Gasteiger partial charge in [0, 0.05) is 5.56 Å². The molecule has 6 nitrogen and oxygen atoms in total. The summed E-state index contributed by atoms with van der Waals surface area (Å²) in [6.07, 6.45) is 3.45. The fraction of sp³-hybridized carbons (Fsp3) is 0.429. The molecule has 1 aromatic carbocycles. The van der Waals surface area contributed by atoms with Crippen molar-refractivity contribution in [2.45, 2.75) is 42.5 Å². The van der Waals surface area contributed by atoms with E-state index in [0.717, 1.165) is 19.3 Å². The zero-order valence-electron chi connectivity index (χ0n) is 11.4. The number of rotatable bonds is 2. The zero-order chi connectivity index (χ0) is 15.1. The third-order valence-electron chi connectivity index (χ3n) is 4.07. The fourth-order valence-electron chi connectivity index (χ4n) is 2.94. The van der Waals surface area contributed by atoms with Crippen molar-refractivity contribution in [3.05, 3.63) is 29.8 Å². The van der Waals surface area contributed by atoms with Crippen LogP contribution in [0.2, 0.25) is 0 Å². The van der Waals surface area contributed by atoms with Crippen LogP contribution in [0.3, 0.4) is 0 Å². The number of benzene rings is 1. The van der Waals surface area contributed by atoms with Gasteiger partial charge in [0.15, 0.2) is 5.54 Å². The highest BCUT2D eigenvalue weighted by Crippen LogP contribution is 2.34. The topological polar surface area (TPSA) is 95.8 Å². The maximum Gasteiger partial charge on any atom is 0.331 e. The second kappa shape index (κ2) is 4.84. The number of amidine groups is 1. The first kappa shape index (κ1) is 14.1. The van der Waals surface area contributed by atoms with E-state index >= 15 is 0 Å². The van der Waals surface area contributed by atoms with E-state index in [-0.39, 0.29) is 10.7 Å². The largest absolute Gasteiger partial charge is 0.479 e. The molecule has 0 amide bonds. The molecular formula is C14H16N2O4S. The molecule has 0 aromatic heterocycles. The summed E-state index contributed by atoms with van der Waals surface area (Å²) in [6, 6.07) is 6.48. The highest BCUT2D eigenvalue weighted by molar-refractivity contribution is 7.90. The Bertz CT molecular complexity index is 718. The van der Waals surface area contributed by atoms with Crippen molar-refractivity contribution in [1.29, 1.82) is 0 Å². The molecule has 0 saturated heterocycles. The maximum absolute atomic E-state index is 12.0. The van der Waals surface area contributed by atoms with Gasteiger partial charge in [-0.15, -0.1) is 0 Å². The van der Waals surface area contributed by atoms with Crippen molar-refractivity contribution >= 4 is 21.8 Å². The predicted octanol–water partition coefficient (Wildman–Crippen LogP) is 1.51. The molecule has 0 atom stereocenters. The average molecular weight is 308 g/mol. The molecule has 2 N–H and O–H groups in total. The molecule has 0 bridgehead atoms. The monoisotopic (exact) mass is 308 g/mol. The summed E-state index contributed by atoms with van der Waals surface area (Å²) >= 11 is 0. The van der Waals surface area contributed by atoms with Crippen LogP contribution in [0.4, 0.5) is 0 Å². The lowest BCUT2D eigenvalue weighted by atomic mass is 9.82. The van der Waals surface area contributed by atoms with Crippen molar-refractivity contribution in [2.75, 3.05) is 0 Å². The quantitative estimate of drug-likeness (QED) is 0.865. The number of aliphatic imine (C=N–C) groups is 1. The summed E-state index contributed by atoms with van der Waals surface area (Å²) < 4.78 is 26.5. The molecule has 0 spiro atoms. The Morgan fingerprint density at radius 1 is 1.19 bits per heavy atom. The SMILES string of the molecule is O=C(O)C1(N=C2NS(=O)(=O)c3ccccc32)CCCCC1. The molecule has 1 aromatic rings. The number of carboxylic acids is 1. The molecular weight excluding hydrogens is 292 g/mol. The fourth-order valence-corrected chi connectivity index (χ4v) is 4.17. The number of hydrogen-bond acceptors (Lipinski definition) is 4. The minimum atomic E-state index is -3.63. The summed E-state index contributed by atoms with van der Waals surface area (Å²) in [5.74, 6) is -0.840. The van der Waals surface area contributed by atoms with Gasteiger partial charge in [-0.25, -0.2) is 18.2 Å². The summed E-state index contributed by atoms with van der Waals surface area (Å²) in [5.41, 5.74) is -0.767. The van der Waals surface area contributed by atoms with E-state index in [2.05, 4.69) is 9.71 Å². The molecule has 3 rings (SSSR count). The van der Waals surface area contributed by atoms with Gasteiger partial charge in [0.2, 0.25) is 0 Å². The zero-order valence-corrected chi connectivity index (χ0v) is 12.2. The van der Waals surface area contributed by atoms with Crippen LogP contribution in [0.15, 0.2) is 34.2 Å². The van der Waals surface area contributed by atoms with Crippen LogP contribution < -0.4 is 4.72 Å². The van der Waals surface area contributed by atoms with Gasteiger partial charge in [-0.1, -0.05) is 31.4 Å². The molecule has 0 unspecified atom stereocenters. The summed E-state index contributed by atoms with van der Waals surface area (Å²) in [7, 11) is -3.63. The lowest BCUT2D eigenvalue weighted by molar-refractivity contribution is -0.144. The number of hydrogen-bond donors (Lipinski definition) is 2. The Labute approximate surface area is 123 Å². The van der Waals surface area contributed by atoms with Crippen molar-refractivity contribution in [3.63, 3.8) is 0 Å². The summed E-state index contributed by atoms with van der Waals surface area (Å²) in [5, 5.41) is 9.54. The van der Waals surface area contributed by atoms with E-state index in [0.29, 0.717) is 18.4 Å². The average Bonchev–Trinajstić information content (AvgIpc) is 2.71. The highest BCUT2D eigenvalue weighted by atomic mass is 32.2. The molecule has 1 aliphatic heterocycles. The highest BCUT2D eigenvalue weighted by Gasteiger charge is 2.42. The van der Waals surface area contributed by atoms with E-state index in [1.165, 1.54) is 6.07 Å². The van der Waals surface area contributed by atoms with Gasteiger partial charge in [-0.05, 0) is 25.0 Å². The van der Waals surface area contributed by atoms with Crippen LogP contribution in [-0.4, -0.2) is 30.9 Å². The number of nitrogens with one attached hydrogen (secondary N) is 1. The lowest BCUT2D eigenvalue weighted by Crippen LogP contribution is -2.41. The molecule has 21 heavy (non-hydrogen) atoms. The smallest absolute Gasteiger partial charge is 0.331 e. The first-order chi connectivity index (χ1) is 9.95. The van der Waals surface area contributed by atoms with E-state index < -0.39 is 21.5 Å². The summed E-state index contributed by atoms with van der Waals surface area (Å²) in [6.45, 7) is 0. The van der Waals surface area contributed by atoms with E-state index in [9.17, 15) is 18.3 Å². The van der Waals surface area contributed by atoms with Crippen molar-refractivity contribution in [1.82, 2.24) is 4.72 Å². The predicted molar refractivity (Wildman–Crippen MR) is 76.8 cm³/mol. The number of nitrogens with zero attached hydrogens (tertiary/aromatic N) is 1. The molecule has 2 aliphatic rings. The molecule has 1 heterocycles. The maximum atomic E-state index is 12.0. The number of aliphatic carboxylic acids is 1. The van der Waals surface area contributed by atoms with E-state index in [1.54, 1.807) is 18.2 Å². The first-order valence-electron chi connectivity index (χ1n) is 6.90. The normalized spacial score (nSPS) is 24.3. The minimum Gasteiger partial charge on any atom is -0.479 e. The standard InChI is InChI=1S/C14H16N2O4S/c17-13(18)14(8-4-1-5-9-14)15-12-10-6-2-3-7-11(10)21(19,20)16-12/h2-3,6-7H,1,4-5,8-9H2,(H,15,16)(H,17,18). The number of fused-ring (bicyclic) bond motifs is 1. The van der Waals surface area contributed by atoms with Gasteiger partial charge in [0.25, 0.3) is 10.0 Å². The second-order valence-electron chi connectivity index (χ2n) is 5.46. The van der Waals surface area contributed by atoms with Gasteiger partial charge in [0.05, 0.1) is 4.90 Å². The van der Waals surface area contributed by atoms with Crippen molar-refractivity contribution < 1.29 is 18.3 Å². The number of carbonyl (C=O) groups is 1. The van der Waals surface area contributed by atoms with Crippen LogP contribution in [-0.2, 0) is 14.8 Å². The molecule has 1 fully saturated rings. The Morgan fingerprint density at radius 3 is 2.52 bits per heavy atom.